The zero-order valence-electron chi connectivity index (χ0n) is 12.7. The minimum atomic E-state index is -4.15. The Hall–Kier alpha value is -0.490. The molecule has 1 saturated heterocycles. The first-order chi connectivity index (χ1) is 9.35. The van der Waals surface area contributed by atoms with Gasteiger partial charge < -0.3 is 5.32 Å². The number of rotatable bonds is 3. The number of hydrogen-bond acceptors (Lipinski definition) is 2. The van der Waals surface area contributed by atoms with Crippen molar-refractivity contribution >= 4 is 24.8 Å². The van der Waals surface area contributed by atoms with E-state index in [-0.39, 0.29) is 24.8 Å². The van der Waals surface area contributed by atoms with Crippen molar-refractivity contribution in [2.75, 3.05) is 26.2 Å². The summed E-state index contributed by atoms with van der Waals surface area (Å²) in [4.78, 5) is 1.94. The number of alkyl halides is 3. The molecule has 1 heterocycles. The van der Waals surface area contributed by atoms with Crippen LogP contribution >= 0.6 is 24.8 Å². The second kappa shape index (κ2) is 8.96. The van der Waals surface area contributed by atoms with Gasteiger partial charge in [-0.1, -0.05) is 29.3 Å². The number of aryl methyl sites for hydroxylation is 2. The minimum Gasteiger partial charge on any atom is -0.314 e. The number of piperazine rings is 1. The molecule has 7 heteroatoms. The van der Waals surface area contributed by atoms with Gasteiger partial charge in [0.25, 0.3) is 0 Å². The molecule has 2 rings (SSSR count). The molecule has 1 atom stereocenters. The minimum absolute atomic E-state index is 0. The van der Waals surface area contributed by atoms with Gasteiger partial charge in [0.05, 0.1) is 6.42 Å². The maximum atomic E-state index is 12.9. The number of nitrogens with one attached hydrogen (secondary N) is 1. The van der Waals surface area contributed by atoms with Crippen LogP contribution in [0.4, 0.5) is 13.2 Å². The summed E-state index contributed by atoms with van der Waals surface area (Å²) in [5.74, 6) is 0. The lowest BCUT2D eigenvalue weighted by molar-refractivity contribution is -0.148. The maximum absolute atomic E-state index is 12.9. The van der Waals surface area contributed by atoms with E-state index in [1.807, 2.05) is 36.9 Å². The van der Waals surface area contributed by atoms with Crippen LogP contribution in [0, 0.1) is 13.8 Å². The molecule has 0 aromatic heterocycles. The Morgan fingerprint density at radius 3 is 2.00 bits per heavy atom. The van der Waals surface area contributed by atoms with Gasteiger partial charge in [0.2, 0.25) is 0 Å². The molecule has 1 aromatic rings. The highest BCUT2D eigenvalue weighted by atomic mass is 35.5. The monoisotopic (exact) mass is 358 g/mol. The van der Waals surface area contributed by atoms with E-state index in [1.54, 1.807) is 0 Å². The first-order valence-corrected chi connectivity index (χ1v) is 6.95. The van der Waals surface area contributed by atoms with Crippen LogP contribution in [-0.4, -0.2) is 37.3 Å². The molecule has 22 heavy (non-hydrogen) atoms. The fourth-order valence-electron chi connectivity index (χ4n) is 2.87. The second-order valence-electron chi connectivity index (χ2n) is 5.54. The molecule has 1 N–H and O–H groups in total. The Morgan fingerprint density at radius 2 is 1.55 bits per heavy atom. The van der Waals surface area contributed by atoms with E-state index in [0.717, 1.165) is 29.8 Å². The summed E-state index contributed by atoms with van der Waals surface area (Å²) in [6.07, 6.45) is -4.93. The molecule has 1 aromatic carbocycles. The van der Waals surface area contributed by atoms with Crippen LogP contribution in [0.2, 0.25) is 0 Å². The highest BCUT2D eigenvalue weighted by molar-refractivity contribution is 5.85. The Labute approximate surface area is 142 Å². The molecule has 0 aliphatic carbocycles. The predicted octanol–water partition coefficient (Wildman–Crippen LogP) is 4.05. The van der Waals surface area contributed by atoms with Gasteiger partial charge in [-0.2, -0.15) is 13.2 Å². The quantitative estimate of drug-likeness (QED) is 0.876. The van der Waals surface area contributed by atoms with Gasteiger partial charge in [-0.25, -0.2) is 0 Å². The normalized spacial score (nSPS) is 17.3. The molecule has 0 spiro atoms. The third-order valence-corrected chi connectivity index (χ3v) is 3.65. The van der Waals surface area contributed by atoms with Crippen LogP contribution in [0.1, 0.15) is 29.2 Å². The van der Waals surface area contributed by atoms with Crippen molar-refractivity contribution in [3.05, 3.63) is 34.9 Å². The fourth-order valence-corrected chi connectivity index (χ4v) is 2.87. The Morgan fingerprint density at radius 1 is 1.05 bits per heavy atom. The Kier molecular flexibility index (Phi) is 8.77. The van der Waals surface area contributed by atoms with Gasteiger partial charge in [0.15, 0.2) is 0 Å². The molecular weight excluding hydrogens is 336 g/mol. The van der Waals surface area contributed by atoms with Gasteiger partial charge in [-0.3, -0.25) is 4.90 Å². The first-order valence-electron chi connectivity index (χ1n) is 6.95. The molecule has 0 amide bonds. The third-order valence-electron chi connectivity index (χ3n) is 3.65. The standard InChI is InChI=1S/C15H21F3N2.2ClH/c1-11-7-12(2)9-13(8-11)14(10-15(16,17)18)20-5-3-19-4-6-20;;/h7-9,14,19H,3-6,10H2,1-2H3;2*1H/t14-;;/m1../s1. The van der Waals surface area contributed by atoms with Crippen LogP contribution in [0.15, 0.2) is 18.2 Å². The lowest BCUT2D eigenvalue weighted by Gasteiger charge is -2.36. The van der Waals surface area contributed by atoms with E-state index < -0.39 is 18.6 Å². The molecule has 0 bridgehead atoms. The summed E-state index contributed by atoms with van der Waals surface area (Å²) in [5.41, 5.74) is 2.81. The average Bonchev–Trinajstić information content (AvgIpc) is 2.35. The third kappa shape index (κ3) is 6.32. The first kappa shape index (κ1) is 21.5. The van der Waals surface area contributed by atoms with E-state index in [4.69, 9.17) is 0 Å². The van der Waals surface area contributed by atoms with Gasteiger partial charge in [0, 0.05) is 32.2 Å². The lowest BCUT2D eigenvalue weighted by Crippen LogP contribution is -2.46. The van der Waals surface area contributed by atoms with E-state index in [9.17, 15) is 13.2 Å². The lowest BCUT2D eigenvalue weighted by atomic mass is 9.97. The van der Waals surface area contributed by atoms with Crippen LogP contribution in [0.25, 0.3) is 0 Å². The van der Waals surface area contributed by atoms with Crippen molar-refractivity contribution < 1.29 is 13.2 Å². The van der Waals surface area contributed by atoms with Gasteiger partial charge in [-0.15, -0.1) is 24.8 Å². The van der Waals surface area contributed by atoms with E-state index in [1.165, 1.54) is 0 Å². The number of benzene rings is 1. The zero-order chi connectivity index (χ0) is 14.8. The van der Waals surface area contributed by atoms with Crippen LogP contribution < -0.4 is 5.32 Å². The highest BCUT2D eigenvalue weighted by Crippen LogP contribution is 2.34. The molecule has 1 fully saturated rings. The summed E-state index contributed by atoms with van der Waals surface area (Å²) >= 11 is 0. The Bertz CT molecular complexity index is 440. The molecule has 128 valence electrons. The second-order valence-corrected chi connectivity index (χ2v) is 5.54. The van der Waals surface area contributed by atoms with Crippen LogP contribution in [0.3, 0.4) is 0 Å². The summed E-state index contributed by atoms with van der Waals surface area (Å²) in [5, 5.41) is 3.18. The van der Waals surface area contributed by atoms with Gasteiger partial charge >= 0.3 is 6.18 Å². The van der Waals surface area contributed by atoms with Crippen molar-refractivity contribution in [3.8, 4) is 0 Å². The summed E-state index contributed by atoms with van der Waals surface area (Å²) in [7, 11) is 0. The van der Waals surface area contributed by atoms with Crippen molar-refractivity contribution in [1.29, 1.82) is 0 Å². The van der Waals surface area contributed by atoms with Gasteiger partial charge in [-0.05, 0) is 19.4 Å². The number of halogens is 5. The molecule has 0 radical (unpaired) electrons. The SMILES string of the molecule is Cc1cc(C)cc([C@@H](CC(F)(F)F)N2CCNCC2)c1.Cl.Cl. The Balaban J connectivity index is 0.00000220. The van der Waals surface area contributed by atoms with Crippen LogP contribution in [0.5, 0.6) is 0 Å². The molecule has 1 aliphatic rings. The molecule has 2 nitrogen and oxygen atoms in total. The number of hydrogen-bond donors (Lipinski definition) is 1. The summed E-state index contributed by atoms with van der Waals surface area (Å²) < 4.78 is 38.7. The largest absolute Gasteiger partial charge is 0.390 e. The van der Waals surface area contributed by atoms with Crippen molar-refractivity contribution in [1.82, 2.24) is 10.2 Å². The van der Waals surface area contributed by atoms with Gasteiger partial charge in [0.1, 0.15) is 0 Å². The summed E-state index contributed by atoms with van der Waals surface area (Å²) in [6.45, 7) is 6.68. The highest BCUT2D eigenvalue weighted by Gasteiger charge is 2.36. The molecule has 0 unspecified atom stereocenters. The van der Waals surface area contributed by atoms with Crippen molar-refractivity contribution in [3.63, 3.8) is 0 Å². The van der Waals surface area contributed by atoms with E-state index in [2.05, 4.69) is 5.32 Å². The summed E-state index contributed by atoms with van der Waals surface area (Å²) in [6, 6.07) is 5.18. The average molecular weight is 359 g/mol. The predicted molar refractivity (Wildman–Crippen MR) is 88.3 cm³/mol. The van der Waals surface area contributed by atoms with Crippen LogP contribution in [-0.2, 0) is 0 Å². The zero-order valence-corrected chi connectivity index (χ0v) is 14.4. The smallest absolute Gasteiger partial charge is 0.314 e. The number of nitrogens with zero attached hydrogens (tertiary/aromatic N) is 1. The molecule has 0 saturated carbocycles. The molecule has 1 aliphatic heterocycles. The fraction of sp³-hybridized carbons (Fsp3) is 0.600. The maximum Gasteiger partial charge on any atom is 0.390 e. The van der Waals surface area contributed by atoms with Crippen molar-refractivity contribution in [2.45, 2.75) is 32.5 Å². The van der Waals surface area contributed by atoms with E-state index >= 15 is 0 Å². The van der Waals surface area contributed by atoms with E-state index in [0.29, 0.717) is 13.1 Å². The molecular formula is C15H23Cl2F3N2. The van der Waals surface area contributed by atoms with Crippen molar-refractivity contribution in [2.24, 2.45) is 0 Å². The topological polar surface area (TPSA) is 15.3 Å².